The Morgan fingerprint density at radius 2 is 1.78 bits per heavy atom. The fourth-order valence-corrected chi connectivity index (χ4v) is 7.37. The average Bonchev–Trinajstić information content (AvgIpc) is 2.94. The molecule has 45 heavy (non-hydrogen) atoms. The van der Waals surface area contributed by atoms with E-state index >= 15 is 0 Å². The van der Waals surface area contributed by atoms with E-state index in [0.717, 1.165) is 28.6 Å². The zero-order valence-corrected chi connectivity index (χ0v) is 23.8. The second-order valence-electron chi connectivity index (χ2n) is 11.1. The minimum Gasteiger partial charge on any atom is -0.486 e. The zero-order valence-electron chi connectivity index (χ0n) is 23.0. The van der Waals surface area contributed by atoms with Gasteiger partial charge in [0.05, 0.1) is 40.3 Å². The molecule has 1 fully saturated rings. The van der Waals surface area contributed by atoms with Crippen LogP contribution in [-0.2, 0) is 21.0 Å². The van der Waals surface area contributed by atoms with Crippen molar-refractivity contribution in [2.75, 3.05) is 17.5 Å². The molecule has 16 heteroatoms. The number of carboxylic acids is 1. The summed E-state index contributed by atoms with van der Waals surface area (Å²) in [6, 6.07) is 9.55. The first-order valence-corrected chi connectivity index (χ1v) is 14.7. The lowest BCUT2D eigenvalue weighted by Gasteiger charge is -2.51. The van der Waals surface area contributed by atoms with Crippen molar-refractivity contribution in [1.82, 2.24) is 0 Å². The normalized spacial score (nSPS) is 23.2. The molecule has 9 nitrogen and oxygen atoms in total. The van der Waals surface area contributed by atoms with E-state index in [1.54, 1.807) is 0 Å². The van der Waals surface area contributed by atoms with Crippen LogP contribution in [0.4, 0.5) is 32.0 Å². The predicted molar refractivity (Wildman–Crippen MR) is 145 cm³/mol. The Labute approximate surface area is 252 Å². The molecular weight excluding hydrogens is 636 g/mol. The van der Waals surface area contributed by atoms with Gasteiger partial charge in [0, 0.05) is 12.5 Å². The number of carboxylic acid groups (broad SMARTS) is 1. The van der Waals surface area contributed by atoms with E-state index in [1.165, 1.54) is 18.2 Å². The number of anilines is 1. The Hall–Kier alpha value is -4.02. The first-order chi connectivity index (χ1) is 20.9. The Kier molecular flexibility index (Phi) is 8.21. The number of alkyl halides is 5. The third-order valence-electron chi connectivity index (χ3n) is 7.77. The number of hydrogen-bond acceptors (Lipinski definition) is 7. The molecule has 0 aromatic heterocycles. The van der Waals surface area contributed by atoms with Crippen molar-refractivity contribution < 1.29 is 64.3 Å². The molecule has 0 unspecified atom stereocenters. The van der Waals surface area contributed by atoms with Gasteiger partial charge in [-0.05, 0) is 66.4 Å². The van der Waals surface area contributed by atoms with Crippen LogP contribution < -0.4 is 13.8 Å². The van der Waals surface area contributed by atoms with Gasteiger partial charge in [0.25, 0.3) is 10.0 Å². The summed E-state index contributed by atoms with van der Waals surface area (Å²) in [6.07, 6.45) is -7.11. The van der Waals surface area contributed by atoms with Crippen LogP contribution in [0.1, 0.15) is 24.8 Å². The summed E-state index contributed by atoms with van der Waals surface area (Å²) in [5, 5.41) is 29.7. The molecule has 3 N–H and O–H groups in total. The third kappa shape index (κ3) is 6.39. The van der Waals surface area contributed by atoms with Gasteiger partial charge >= 0.3 is 18.8 Å². The minimum absolute atomic E-state index is 0.00502. The number of ether oxygens (including phenoxy) is 2. The maximum absolute atomic E-state index is 14.3. The highest BCUT2D eigenvalue weighted by atomic mass is 32.2. The number of hydrogen-bond donors (Lipinski definition) is 3. The van der Waals surface area contributed by atoms with E-state index in [9.17, 15) is 54.9 Å². The number of sulfonamides is 1. The molecule has 1 heterocycles. The largest absolute Gasteiger partial charge is 0.486 e. The van der Waals surface area contributed by atoms with Gasteiger partial charge in [-0.15, -0.1) is 0 Å². The van der Waals surface area contributed by atoms with Crippen LogP contribution in [-0.4, -0.2) is 61.2 Å². The van der Waals surface area contributed by atoms with Gasteiger partial charge in [0.2, 0.25) is 0 Å². The molecule has 3 aromatic carbocycles. The Morgan fingerprint density at radius 1 is 1.07 bits per heavy atom. The zero-order chi connectivity index (χ0) is 32.9. The quantitative estimate of drug-likeness (QED) is 0.272. The SMILES string of the molecule is O=C(O)C1(C[C@H]2CN(S(=O)(=O)c3cccc(C(F)(F)F)c3)c3cc(-c4cc(F)cc(OC(F)F)c4)ccc3O2)CC(O)(CO)C1. The molecule has 1 saturated carbocycles. The Morgan fingerprint density at radius 3 is 2.40 bits per heavy atom. The first-order valence-electron chi connectivity index (χ1n) is 13.3. The number of aliphatic carboxylic acids is 1. The number of fused-ring (bicyclic) bond motifs is 1. The highest BCUT2D eigenvalue weighted by molar-refractivity contribution is 7.92. The standard InChI is InChI=1S/C29H25F6NO8S/c30-19-6-17(7-20(10-19)44-26(31)32)16-4-5-24-23(8-16)36(45(41,42)22-3-1-2-18(9-22)29(33,34)35)12-21(43-24)11-27(25(38)39)13-28(40,14-27)15-37/h1-10,21,26,37,40H,11-15H2,(H,38,39)/t21-,27?,28?/m0/s1. The van der Waals surface area contributed by atoms with E-state index < -0.39 is 81.1 Å². The van der Waals surface area contributed by atoms with Gasteiger partial charge in [0.1, 0.15) is 23.4 Å². The van der Waals surface area contributed by atoms with E-state index in [4.69, 9.17) is 4.74 Å². The van der Waals surface area contributed by atoms with Gasteiger partial charge in [0.15, 0.2) is 0 Å². The van der Waals surface area contributed by atoms with E-state index in [1.807, 2.05) is 0 Å². The number of aliphatic hydroxyl groups excluding tert-OH is 1. The van der Waals surface area contributed by atoms with Crippen molar-refractivity contribution >= 4 is 21.7 Å². The van der Waals surface area contributed by atoms with Crippen LogP contribution in [0, 0.1) is 11.2 Å². The molecule has 1 aliphatic carbocycles. The molecule has 0 radical (unpaired) electrons. The fourth-order valence-electron chi connectivity index (χ4n) is 5.82. The summed E-state index contributed by atoms with van der Waals surface area (Å²) in [5.74, 6) is -2.92. The molecule has 5 rings (SSSR count). The molecule has 0 saturated heterocycles. The van der Waals surface area contributed by atoms with Gasteiger partial charge in [-0.25, -0.2) is 12.8 Å². The lowest BCUT2D eigenvalue weighted by atomic mass is 9.57. The van der Waals surface area contributed by atoms with Crippen molar-refractivity contribution in [3.8, 4) is 22.6 Å². The third-order valence-corrected chi connectivity index (χ3v) is 9.55. The first kappa shape index (κ1) is 32.4. The smallest absolute Gasteiger partial charge is 0.416 e. The van der Waals surface area contributed by atoms with Crippen LogP contribution in [0.25, 0.3) is 11.1 Å². The molecular formula is C29H25F6NO8S. The average molecular weight is 662 g/mol. The van der Waals surface area contributed by atoms with E-state index in [0.29, 0.717) is 18.2 Å². The summed E-state index contributed by atoms with van der Waals surface area (Å²) in [5.41, 5.74) is -4.61. The fraction of sp³-hybridized carbons (Fsp3) is 0.345. The molecule has 0 spiro atoms. The second-order valence-corrected chi connectivity index (χ2v) is 12.9. The second kappa shape index (κ2) is 11.4. The van der Waals surface area contributed by atoms with Crippen molar-refractivity contribution in [3.05, 3.63) is 72.0 Å². The number of rotatable bonds is 9. The van der Waals surface area contributed by atoms with Crippen molar-refractivity contribution in [2.24, 2.45) is 5.41 Å². The summed E-state index contributed by atoms with van der Waals surface area (Å²) < 4.78 is 119. The van der Waals surface area contributed by atoms with Crippen LogP contribution in [0.2, 0.25) is 0 Å². The van der Waals surface area contributed by atoms with E-state index in [-0.39, 0.29) is 41.8 Å². The molecule has 3 aromatic rings. The lowest BCUT2D eigenvalue weighted by Crippen LogP contribution is -2.60. The minimum atomic E-state index is -4.87. The maximum Gasteiger partial charge on any atom is 0.416 e. The van der Waals surface area contributed by atoms with Crippen molar-refractivity contribution in [1.29, 1.82) is 0 Å². The number of aliphatic hydroxyl groups is 2. The molecule has 2 aliphatic rings. The number of benzene rings is 3. The number of carbonyl (C=O) groups is 1. The van der Waals surface area contributed by atoms with Crippen LogP contribution >= 0.6 is 0 Å². The van der Waals surface area contributed by atoms with Crippen LogP contribution in [0.15, 0.2) is 65.6 Å². The molecule has 0 amide bonds. The van der Waals surface area contributed by atoms with Crippen molar-refractivity contribution in [3.63, 3.8) is 0 Å². The van der Waals surface area contributed by atoms with Gasteiger partial charge in [-0.3, -0.25) is 9.10 Å². The van der Waals surface area contributed by atoms with Gasteiger partial charge < -0.3 is 24.8 Å². The molecule has 0 bridgehead atoms. The summed E-state index contributed by atoms with van der Waals surface area (Å²) in [7, 11) is -4.80. The van der Waals surface area contributed by atoms with Crippen molar-refractivity contribution in [2.45, 2.75) is 48.7 Å². The molecule has 1 aliphatic heterocycles. The Balaban J connectivity index is 1.59. The number of nitrogens with zero attached hydrogens (tertiary/aromatic N) is 1. The highest BCUT2D eigenvalue weighted by Crippen LogP contribution is 2.53. The van der Waals surface area contributed by atoms with Crippen LogP contribution in [0.3, 0.4) is 0 Å². The van der Waals surface area contributed by atoms with E-state index in [2.05, 4.69) is 4.74 Å². The lowest BCUT2D eigenvalue weighted by molar-refractivity contribution is -0.193. The van der Waals surface area contributed by atoms with Gasteiger partial charge in [-0.2, -0.15) is 22.0 Å². The predicted octanol–water partition coefficient (Wildman–Crippen LogP) is 5.05. The van der Waals surface area contributed by atoms with Crippen LogP contribution in [0.5, 0.6) is 11.5 Å². The molecule has 242 valence electrons. The number of halogens is 6. The summed E-state index contributed by atoms with van der Waals surface area (Å²) >= 11 is 0. The maximum atomic E-state index is 14.3. The Bertz CT molecular complexity index is 1730. The summed E-state index contributed by atoms with van der Waals surface area (Å²) in [6.45, 7) is -4.55. The summed E-state index contributed by atoms with van der Waals surface area (Å²) in [4.78, 5) is 11.5. The highest BCUT2D eigenvalue weighted by Gasteiger charge is 2.59. The molecule has 1 atom stereocenters. The van der Waals surface area contributed by atoms with Gasteiger partial charge in [-0.1, -0.05) is 12.1 Å². The monoisotopic (exact) mass is 661 g/mol. The topological polar surface area (TPSA) is 134 Å².